The molecule has 0 saturated heterocycles. The minimum absolute atomic E-state index is 0.279. The van der Waals surface area contributed by atoms with E-state index in [2.05, 4.69) is 5.16 Å². The first-order valence-electron chi connectivity index (χ1n) is 4.79. The Morgan fingerprint density at radius 1 is 1.50 bits per heavy atom. The lowest BCUT2D eigenvalue weighted by molar-refractivity contribution is -0.111. The van der Waals surface area contributed by atoms with Gasteiger partial charge in [-0.2, -0.15) is 0 Å². The van der Waals surface area contributed by atoms with Gasteiger partial charge < -0.3 is 5.21 Å². The van der Waals surface area contributed by atoms with Crippen LogP contribution in [0.25, 0.3) is 0 Å². The third-order valence-corrected chi connectivity index (χ3v) is 1.36. The van der Waals surface area contributed by atoms with Crippen molar-refractivity contribution in [3.05, 3.63) is 35.9 Å². The van der Waals surface area contributed by atoms with Gasteiger partial charge in [-0.05, 0) is 0 Å². The maximum atomic E-state index is 11.3. The van der Waals surface area contributed by atoms with Crippen LogP contribution in [0.1, 0.15) is 16.5 Å². The lowest BCUT2D eigenvalue weighted by Crippen LogP contribution is -2.11. The van der Waals surface area contributed by atoms with Crippen LogP contribution in [0.4, 0.5) is 0 Å². The van der Waals surface area contributed by atoms with Gasteiger partial charge >= 0.3 is 0 Å². The van der Waals surface area contributed by atoms with E-state index in [1.165, 1.54) is 12.1 Å². The Kier molecular flexibility index (Phi) is 1.55. The van der Waals surface area contributed by atoms with Gasteiger partial charge in [0.1, 0.15) is 0 Å². The molecule has 0 bridgehead atoms. The largest absolute Gasteiger partial charge is 0.410 e. The number of Topliss-reactive ketones (excluding diaryl/α,β-unsaturated/α-hetero) is 1. The van der Waals surface area contributed by atoms with Crippen LogP contribution in [0.3, 0.4) is 0 Å². The van der Waals surface area contributed by atoms with Crippen molar-refractivity contribution in [3.63, 3.8) is 0 Å². The lowest BCUT2D eigenvalue weighted by atomic mass is 10.1. The molecule has 0 aliphatic heterocycles. The summed E-state index contributed by atoms with van der Waals surface area (Å²) in [4.78, 5) is 11.3. The maximum absolute atomic E-state index is 11.3. The molecule has 62 valence electrons. The van der Waals surface area contributed by atoms with E-state index in [4.69, 9.17) is 9.32 Å². The van der Waals surface area contributed by atoms with Crippen LogP contribution in [0.5, 0.6) is 0 Å². The van der Waals surface area contributed by atoms with E-state index in [0.717, 1.165) is 0 Å². The lowest BCUT2D eigenvalue weighted by Gasteiger charge is -1.97. The minimum atomic E-state index is -2.79. The third-order valence-electron chi connectivity index (χ3n) is 1.36. The molecule has 0 aliphatic carbocycles. The smallest absolute Gasteiger partial charge is 0.182 e. The summed E-state index contributed by atoms with van der Waals surface area (Å²) in [5.41, 5.74) is -0.170. The molecule has 0 atom stereocenters. The first-order chi connectivity index (χ1) is 6.96. The molecule has 1 aromatic rings. The van der Waals surface area contributed by atoms with Crippen molar-refractivity contribution in [2.45, 2.75) is 6.85 Å². The molecular weight excluding hydrogens is 154 g/mol. The van der Waals surface area contributed by atoms with Crippen LogP contribution in [-0.2, 0) is 4.79 Å². The Hall–Kier alpha value is -1.64. The molecule has 0 aliphatic rings. The molecule has 0 unspecified atom stereocenters. The van der Waals surface area contributed by atoms with E-state index in [1.807, 2.05) is 0 Å². The van der Waals surface area contributed by atoms with Crippen molar-refractivity contribution in [1.82, 2.24) is 0 Å². The van der Waals surface area contributed by atoms with Gasteiger partial charge in [0.15, 0.2) is 11.5 Å². The summed E-state index contributed by atoms with van der Waals surface area (Å²) >= 11 is 0. The Balaban J connectivity index is 3.08. The molecule has 0 radical (unpaired) electrons. The van der Waals surface area contributed by atoms with Crippen LogP contribution < -0.4 is 0 Å². The molecule has 12 heavy (non-hydrogen) atoms. The number of hydrogen-bond acceptors (Lipinski definition) is 3. The topological polar surface area (TPSA) is 49.7 Å². The average molecular weight is 166 g/mol. The molecule has 0 heterocycles. The zero-order valence-electron chi connectivity index (χ0n) is 9.19. The Morgan fingerprint density at radius 2 is 2.17 bits per heavy atom. The number of carbonyl (C=O) groups is 1. The second-order valence-corrected chi connectivity index (χ2v) is 2.14. The van der Waals surface area contributed by atoms with Crippen molar-refractivity contribution in [2.75, 3.05) is 0 Å². The number of oxime groups is 1. The van der Waals surface area contributed by atoms with Crippen molar-refractivity contribution >= 4 is 11.5 Å². The Morgan fingerprint density at radius 3 is 2.67 bits per heavy atom. The monoisotopic (exact) mass is 166 g/mol. The molecule has 1 N–H and O–H groups in total. The van der Waals surface area contributed by atoms with Crippen LogP contribution in [0.2, 0.25) is 0 Å². The van der Waals surface area contributed by atoms with E-state index in [-0.39, 0.29) is 5.56 Å². The summed E-state index contributed by atoms with van der Waals surface area (Å²) in [6, 6.07) is 7.94. The summed E-state index contributed by atoms with van der Waals surface area (Å²) in [7, 11) is 0. The fourth-order valence-electron chi connectivity index (χ4n) is 0.830. The van der Waals surface area contributed by atoms with Gasteiger partial charge in [0.25, 0.3) is 0 Å². The summed E-state index contributed by atoms with van der Waals surface area (Å²) in [6.45, 7) is -2.79. The van der Waals surface area contributed by atoms with Gasteiger partial charge in [0.2, 0.25) is 0 Å². The molecule has 0 aromatic heterocycles. The van der Waals surface area contributed by atoms with Crippen LogP contribution in [0, 0.1) is 0 Å². The van der Waals surface area contributed by atoms with E-state index in [0.29, 0.717) is 0 Å². The Bertz CT molecular complexity index is 384. The van der Waals surface area contributed by atoms with E-state index in [1.54, 1.807) is 18.2 Å². The first kappa shape index (κ1) is 5.09. The molecule has 0 amide bonds. The molecule has 0 saturated carbocycles. The van der Waals surface area contributed by atoms with Gasteiger partial charge in [-0.15, -0.1) is 0 Å². The number of ketones is 1. The fraction of sp³-hybridized carbons (Fsp3) is 0.111. The SMILES string of the molecule is [2H]C([2H])([2H])C(=O)/C(=N/O)c1ccccc1. The van der Waals surface area contributed by atoms with E-state index in [9.17, 15) is 4.79 Å². The molecule has 0 fully saturated rings. The van der Waals surface area contributed by atoms with Crippen molar-refractivity contribution in [3.8, 4) is 0 Å². The van der Waals surface area contributed by atoms with E-state index >= 15 is 0 Å². The standard InChI is InChI=1S/C9H9NO2/c1-7(11)9(10-12)8-5-3-2-4-6-8/h2-6,12H,1H3/b10-9-/i1D3. The quantitative estimate of drug-likeness (QED) is 0.410. The van der Waals surface area contributed by atoms with Crippen molar-refractivity contribution < 1.29 is 14.1 Å². The average Bonchev–Trinajstić information content (AvgIpc) is 2.19. The van der Waals surface area contributed by atoms with Crippen LogP contribution in [-0.4, -0.2) is 16.7 Å². The maximum Gasteiger partial charge on any atom is 0.182 e. The van der Waals surface area contributed by atoms with E-state index < -0.39 is 18.3 Å². The van der Waals surface area contributed by atoms with Crippen molar-refractivity contribution in [1.29, 1.82) is 0 Å². The first-order valence-corrected chi connectivity index (χ1v) is 3.29. The van der Waals surface area contributed by atoms with Gasteiger partial charge in [0.05, 0.1) is 0 Å². The molecule has 1 aromatic carbocycles. The fourth-order valence-corrected chi connectivity index (χ4v) is 0.830. The molecule has 3 heteroatoms. The number of hydrogen-bond donors (Lipinski definition) is 1. The predicted octanol–water partition coefficient (Wildman–Crippen LogP) is 1.45. The molecule has 3 nitrogen and oxygen atoms in total. The normalized spacial score (nSPS) is 16.0. The summed E-state index contributed by atoms with van der Waals surface area (Å²) < 4.78 is 20.7. The number of benzene rings is 1. The molecular formula is C9H9NO2. The highest BCUT2D eigenvalue weighted by atomic mass is 16.4. The second kappa shape index (κ2) is 3.67. The highest BCUT2D eigenvalue weighted by Gasteiger charge is 2.07. The molecule has 1 rings (SSSR count). The number of carbonyl (C=O) groups excluding carboxylic acids is 1. The van der Waals surface area contributed by atoms with Gasteiger partial charge in [-0.25, -0.2) is 0 Å². The second-order valence-electron chi connectivity index (χ2n) is 2.14. The van der Waals surface area contributed by atoms with Crippen molar-refractivity contribution in [2.24, 2.45) is 5.16 Å². The number of rotatable bonds is 2. The summed E-state index contributed by atoms with van der Waals surface area (Å²) in [6.07, 6.45) is 0. The van der Waals surface area contributed by atoms with Crippen LogP contribution in [0.15, 0.2) is 35.5 Å². The Labute approximate surface area is 74.5 Å². The van der Waals surface area contributed by atoms with Gasteiger partial charge in [-0.1, -0.05) is 35.5 Å². The zero-order valence-corrected chi connectivity index (χ0v) is 6.19. The predicted molar refractivity (Wildman–Crippen MR) is 45.4 cm³/mol. The highest BCUT2D eigenvalue weighted by Crippen LogP contribution is 2.01. The van der Waals surface area contributed by atoms with Crippen LogP contribution >= 0.6 is 0 Å². The minimum Gasteiger partial charge on any atom is -0.410 e. The summed E-state index contributed by atoms with van der Waals surface area (Å²) in [5, 5.41) is 11.4. The zero-order chi connectivity index (χ0) is 11.5. The van der Waals surface area contributed by atoms with Gasteiger partial charge in [0, 0.05) is 16.5 Å². The molecule has 0 spiro atoms. The summed E-state index contributed by atoms with van der Waals surface area (Å²) in [5.74, 6) is -1.17. The third kappa shape index (κ3) is 1.69. The highest BCUT2D eigenvalue weighted by molar-refractivity contribution is 6.45. The number of nitrogens with zero attached hydrogens (tertiary/aromatic N) is 1. The van der Waals surface area contributed by atoms with Gasteiger partial charge in [-0.3, -0.25) is 4.79 Å².